The lowest BCUT2D eigenvalue weighted by Gasteiger charge is -2.18. The highest BCUT2D eigenvalue weighted by molar-refractivity contribution is 5.13. The second-order valence-electron chi connectivity index (χ2n) is 2.35. The van der Waals surface area contributed by atoms with Crippen molar-refractivity contribution in [1.29, 1.82) is 0 Å². The van der Waals surface area contributed by atoms with Gasteiger partial charge < -0.3 is 15.6 Å². The first kappa shape index (κ1) is 8.82. The maximum absolute atomic E-state index is 9.49. The lowest BCUT2D eigenvalue weighted by molar-refractivity contribution is -0.184. The zero-order chi connectivity index (χ0) is 9.19. The third-order valence-electron chi connectivity index (χ3n) is 1.40. The standard InChI is InChI=1S/C6H10N4O2/c1-6(11,12-2)4-8-3-9-5(7)10-4/h3,11H,1-2H3,(H2,7,8,9,10). The molecular weight excluding hydrogens is 160 g/mol. The fraction of sp³-hybridized carbons (Fsp3) is 0.500. The number of anilines is 1. The highest BCUT2D eigenvalue weighted by Gasteiger charge is 2.25. The van der Waals surface area contributed by atoms with Crippen LogP contribution in [0.15, 0.2) is 6.33 Å². The molecule has 0 bridgehead atoms. The first-order valence-corrected chi connectivity index (χ1v) is 3.29. The molecule has 0 aromatic carbocycles. The Bertz CT molecular complexity index is 276. The first-order valence-electron chi connectivity index (χ1n) is 3.29. The number of rotatable bonds is 2. The van der Waals surface area contributed by atoms with Crippen LogP contribution in [-0.2, 0) is 10.5 Å². The van der Waals surface area contributed by atoms with Crippen LogP contribution in [0.2, 0.25) is 0 Å². The van der Waals surface area contributed by atoms with Crippen LogP contribution >= 0.6 is 0 Å². The number of hydrogen-bond donors (Lipinski definition) is 2. The van der Waals surface area contributed by atoms with Gasteiger partial charge in [-0.1, -0.05) is 0 Å². The fourth-order valence-electron chi connectivity index (χ4n) is 0.624. The van der Waals surface area contributed by atoms with Crippen molar-refractivity contribution in [3.05, 3.63) is 12.2 Å². The van der Waals surface area contributed by atoms with E-state index in [1.54, 1.807) is 0 Å². The summed E-state index contributed by atoms with van der Waals surface area (Å²) in [4.78, 5) is 11.0. The van der Waals surface area contributed by atoms with Crippen molar-refractivity contribution >= 4 is 5.95 Å². The van der Waals surface area contributed by atoms with E-state index in [-0.39, 0.29) is 11.8 Å². The second-order valence-corrected chi connectivity index (χ2v) is 2.35. The molecule has 0 radical (unpaired) electrons. The number of aliphatic hydroxyl groups is 1. The molecule has 1 unspecified atom stereocenters. The van der Waals surface area contributed by atoms with Crippen molar-refractivity contribution in [3.8, 4) is 0 Å². The second kappa shape index (κ2) is 3.00. The SMILES string of the molecule is COC(C)(O)c1ncnc(N)n1. The van der Waals surface area contributed by atoms with Crippen LogP contribution < -0.4 is 5.73 Å². The number of nitrogen functional groups attached to an aromatic ring is 1. The minimum Gasteiger partial charge on any atom is -0.368 e. The van der Waals surface area contributed by atoms with E-state index in [0.29, 0.717) is 0 Å². The number of nitrogens with zero attached hydrogens (tertiary/aromatic N) is 3. The molecule has 0 fully saturated rings. The van der Waals surface area contributed by atoms with Gasteiger partial charge in [0, 0.05) is 7.11 Å². The molecule has 6 heteroatoms. The van der Waals surface area contributed by atoms with Crippen molar-refractivity contribution < 1.29 is 9.84 Å². The van der Waals surface area contributed by atoms with Gasteiger partial charge in [-0.05, 0) is 6.92 Å². The average Bonchev–Trinajstić information content (AvgIpc) is 2.05. The van der Waals surface area contributed by atoms with Crippen LogP contribution in [0.3, 0.4) is 0 Å². The molecule has 0 saturated carbocycles. The molecule has 1 aromatic heterocycles. The predicted molar refractivity (Wildman–Crippen MR) is 40.8 cm³/mol. The Morgan fingerprint density at radius 1 is 1.58 bits per heavy atom. The van der Waals surface area contributed by atoms with E-state index in [4.69, 9.17) is 10.5 Å². The molecule has 0 saturated heterocycles. The average molecular weight is 170 g/mol. The molecule has 66 valence electrons. The van der Waals surface area contributed by atoms with Gasteiger partial charge in [0.2, 0.25) is 11.7 Å². The smallest absolute Gasteiger partial charge is 0.224 e. The Morgan fingerprint density at radius 3 is 2.75 bits per heavy atom. The molecule has 6 nitrogen and oxygen atoms in total. The maximum Gasteiger partial charge on any atom is 0.224 e. The molecule has 0 spiro atoms. The van der Waals surface area contributed by atoms with E-state index in [2.05, 4.69) is 15.0 Å². The van der Waals surface area contributed by atoms with E-state index in [9.17, 15) is 5.11 Å². The zero-order valence-electron chi connectivity index (χ0n) is 6.85. The summed E-state index contributed by atoms with van der Waals surface area (Å²) in [5, 5.41) is 9.49. The van der Waals surface area contributed by atoms with Crippen LogP contribution in [0.5, 0.6) is 0 Å². The summed E-state index contributed by atoms with van der Waals surface area (Å²) in [6, 6.07) is 0. The Balaban J connectivity index is 3.03. The van der Waals surface area contributed by atoms with Crippen LogP contribution in [-0.4, -0.2) is 27.2 Å². The number of methoxy groups -OCH3 is 1. The summed E-state index contributed by atoms with van der Waals surface area (Å²) in [5.74, 6) is -1.37. The van der Waals surface area contributed by atoms with E-state index in [1.807, 2.05) is 0 Å². The third kappa shape index (κ3) is 1.66. The minimum absolute atomic E-state index is 0.0531. The summed E-state index contributed by atoms with van der Waals surface area (Å²) < 4.78 is 4.73. The number of nitrogens with two attached hydrogens (primary N) is 1. The number of ether oxygens (including phenoxy) is 1. The van der Waals surface area contributed by atoms with Gasteiger partial charge in [0.05, 0.1) is 0 Å². The van der Waals surface area contributed by atoms with Gasteiger partial charge in [-0.2, -0.15) is 4.98 Å². The van der Waals surface area contributed by atoms with Gasteiger partial charge in [0.25, 0.3) is 0 Å². The summed E-state index contributed by atoms with van der Waals surface area (Å²) in [6.45, 7) is 1.42. The quantitative estimate of drug-likeness (QED) is 0.568. The zero-order valence-corrected chi connectivity index (χ0v) is 6.85. The van der Waals surface area contributed by atoms with E-state index in [1.165, 1.54) is 20.4 Å². The fourth-order valence-corrected chi connectivity index (χ4v) is 0.624. The Morgan fingerprint density at radius 2 is 2.25 bits per heavy atom. The largest absolute Gasteiger partial charge is 0.368 e. The lowest BCUT2D eigenvalue weighted by atomic mass is 10.3. The van der Waals surface area contributed by atoms with Crippen LogP contribution in [0.4, 0.5) is 5.95 Å². The van der Waals surface area contributed by atoms with Gasteiger partial charge in [0.15, 0.2) is 5.82 Å². The molecule has 0 aliphatic rings. The molecule has 1 aromatic rings. The van der Waals surface area contributed by atoms with E-state index < -0.39 is 5.79 Å². The molecule has 1 rings (SSSR count). The lowest BCUT2D eigenvalue weighted by Crippen LogP contribution is -2.27. The molecule has 0 aliphatic carbocycles. The van der Waals surface area contributed by atoms with Crippen LogP contribution in [0.25, 0.3) is 0 Å². The molecule has 1 heterocycles. The van der Waals surface area contributed by atoms with Crippen molar-refractivity contribution in [2.24, 2.45) is 0 Å². The Hall–Kier alpha value is -1.27. The molecule has 1 atom stereocenters. The van der Waals surface area contributed by atoms with Gasteiger partial charge in [-0.3, -0.25) is 0 Å². The maximum atomic E-state index is 9.49. The molecule has 12 heavy (non-hydrogen) atoms. The number of hydrogen-bond acceptors (Lipinski definition) is 6. The summed E-state index contributed by atoms with van der Waals surface area (Å²) in [5.41, 5.74) is 5.28. The molecular formula is C6H10N4O2. The van der Waals surface area contributed by atoms with Gasteiger partial charge >= 0.3 is 0 Å². The van der Waals surface area contributed by atoms with Crippen molar-refractivity contribution in [3.63, 3.8) is 0 Å². The monoisotopic (exact) mass is 170 g/mol. The van der Waals surface area contributed by atoms with Crippen LogP contribution in [0, 0.1) is 0 Å². The van der Waals surface area contributed by atoms with E-state index >= 15 is 0 Å². The number of aromatic nitrogens is 3. The van der Waals surface area contributed by atoms with Crippen molar-refractivity contribution in [2.75, 3.05) is 12.8 Å². The van der Waals surface area contributed by atoms with Gasteiger partial charge in [0.1, 0.15) is 6.33 Å². The molecule has 0 amide bonds. The highest BCUT2D eigenvalue weighted by Crippen LogP contribution is 2.15. The van der Waals surface area contributed by atoms with Gasteiger partial charge in [-0.15, -0.1) is 0 Å². The Labute approximate surface area is 69.4 Å². The summed E-state index contributed by atoms with van der Waals surface area (Å²) in [6.07, 6.45) is 1.21. The Kier molecular flexibility index (Phi) is 2.20. The van der Waals surface area contributed by atoms with Crippen molar-refractivity contribution in [2.45, 2.75) is 12.7 Å². The topological polar surface area (TPSA) is 94.2 Å². The summed E-state index contributed by atoms with van der Waals surface area (Å²) >= 11 is 0. The van der Waals surface area contributed by atoms with E-state index in [0.717, 1.165) is 0 Å². The van der Waals surface area contributed by atoms with Gasteiger partial charge in [-0.25, -0.2) is 9.97 Å². The molecule has 3 N–H and O–H groups in total. The predicted octanol–water partition coefficient (Wildman–Crippen LogP) is -0.735. The normalized spacial score (nSPS) is 15.6. The third-order valence-corrected chi connectivity index (χ3v) is 1.40. The minimum atomic E-state index is -1.52. The van der Waals surface area contributed by atoms with Crippen LogP contribution in [0.1, 0.15) is 12.7 Å². The van der Waals surface area contributed by atoms with Crippen molar-refractivity contribution in [1.82, 2.24) is 15.0 Å². The first-order chi connectivity index (χ1) is 5.56. The highest BCUT2D eigenvalue weighted by atomic mass is 16.6. The summed E-state index contributed by atoms with van der Waals surface area (Å²) in [7, 11) is 1.35. The molecule has 0 aliphatic heterocycles.